The number of rotatable bonds is 11. The lowest BCUT2D eigenvalue weighted by Gasteiger charge is -2.37. The summed E-state index contributed by atoms with van der Waals surface area (Å²) < 4.78 is 37.7. The molecular weight excluding hydrogens is 672 g/mol. The molecule has 11 nitrogen and oxygen atoms in total. The summed E-state index contributed by atoms with van der Waals surface area (Å²) in [5.74, 6) is 1.37. The number of ether oxygens (including phenoxy) is 6. The van der Waals surface area contributed by atoms with Crippen molar-refractivity contribution in [1.82, 2.24) is 9.55 Å². The second-order valence-electron chi connectivity index (χ2n) is 11.4. The quantitative estimate of drug-likeness (QED) is 0.217. The molecule has 2 saturated heterocycles. The Hall–Kier alpha value is -3.78. The molecule has 2 aliphatic rings. The van der Waals surface area contributed by atoms with Crippen LogP contribution in [0.25, 0.3) is 0 Å². The van der Waals surface area contributed by atoms with Gasteiger partial charge in [0, 0.05) is 12.8 Å². The normalized spacial score (nSPS) is 23.0. The SMILES string of the molecule is COc1ccc(C(OC[C@H]2O[C@@H](n3cc(Br)c(=O)[nH]c3=O)[C@H](OC3CCCCO3)[C@@H]2O)(c2ccccc2)c2ccc(OC)cc2)cc1. The van der Waals surface area contributed by atoms with Gasteiger partial charge in [-0.2, -0.15) is 0 Å². The second kappa shape index (κ2) is 14.5. The zero-order chi connectivity index (χ0) is 33.0. The summed E-state index contributed by atoms with van der Waals surface area (Å²) in [7, 11) is 3.22. The van der Waals surface area contributed by atoms with Gasteiger partial charge in [-0.3, -0.25) is 14.3 Å². The van der Waals surface area contributed by atoms with E-state index in [1.807, 2.05) is 78.9 Å². The average molecular weight is 710 g/mol. The number of H-pyrrole nitrogens is 1. The van der Waals surface area contributed by atoms with Gasteiger partial charge in [0.25, 0.3) is 5.56 Å². The number of aromatic amines is 1. The van der Waals surface area contributed by atoms with Crippen LogP contribution in [0.5, 0.6) is 11.5 Å². The van der Waals surface area contributed by atoms with E-state index in [0.29, 0.717) is 24.5 Å². The first kappa shape index (κ1) is 33.1. The van der Waals surface area contributed by atoms with Gasteiger partial charge in [0.15, 0.2) is 12.5 Å². The van der Waals surface area contributed by atoms with Gasteiger partial charge < -0.3 is 33.5 Å². The molecule has 6 rings (SSSR count). The minimum Gasteiger partial charge on any atom is -0.497 e. The van der Waals surface area contributed by atoms with E-state index < -0.39 is 47.7 Å². The van der Waals surface area contributed by atoms with E-state index in [2.05, 4.69) is 20.9 Å². The molecule has 0 saturated carbocycles. The highest BCUT2D eigenvalue weighted by molar-refractivity contribution is 9.10. The van der Waals surface area contributed by atoms with Crippen molar-refractivity contribution in [2.75, 3.05) is 27.4 Å². The zero-order valence-corrected chi connectivity index (χ0v) is 27.6. The standard InChI is InChI=1S/C35H37BrN2O9/c1-42-25-15-11-23(12-16-25)35(22-8-4-3-5-9-22,24-13-17-26(43-2)18-14-24)45-21-28-30(39)31(47-29-10-6-7-19-44-29)33(46-28)38-20-27(36)32(40)37-34(38)41/h3-5,8-9,11-18,20,28-31,33,39H,6-7,10,19,21H2,1-2H3,(H,37,40,41)/t28-,29?,30-,31-,33-/m1/s1. The topological polar surface area (TPSA) is 130 Å². The fourth-order valence-corrected chi connectivity index (χ4v) is 6.47. The number of hydrogen-bond acceptors (Lipinski definition) is 9. The van der Waals surface area contributed by atoms with Crippen LogP contribution in [0.3, 0.4) is 0 Å². The molecule has 0 radical (unpaired) electrons. The third-order valence-electron chi connectivity index (χ3n) is 8.60. The smallest absolute Gasteiger partial charge is 0.330 e. The van der Waals surface area contributed by atoms with Gasteiger partial charge in [0.1, 0.15) is 35.4 Å². The maximum atomic E-state index is 13.0. The van der Waals surface area contributed by atoms with Crippen molar-refractivity contribution in [3.8, 4) is 11.5 Å². The number of methoxy groups -OCH3 is 2. The van der Waals surface area contributed by atoms with Crippen LogP contribution in [0.4, 0.5) is 0 Å². The molecule has 2 aliphatic heterocycles. The Labute approximate surface area is 280 Å². The Morgan fingerprint density at radius 3 is 2.11 bits per heavy atom. The van der Waals surface area contributed by atoms with Crippen molar-refractivity contribution >= 4 is 15.9 Å². The first-order chi connectivity index (χ1) is 22.8. The molecule has 12 heteroatoms. The molecule has 4 aromatic rings. The van der Waals surface area contributed by atoms with Crippen LogP contribution < -0.4 is 20.7 Å². The summed E-state index contributed by atoms with van der Waals surface area (Å²) in [4.78, 5) is 27.4. The molecule has 0 bridgehead atoms. The number of benzene rings is 3. The Morgan fingerprint density at radius 2 is 1.53 bits per heavy atom. The first-order valence-corrected chi connectivity index (χ1v) is 16.2. The predicted octanol–water partition coefficient (Wildman–Crippen LogP) is 4.50. The highest BCUT2D eigenvalue weighted by Gasteiger charge is 2.49. The van der Waals surface area contributed by atoms with Crippen LogP contribution in [0.2, 0.25) is 0 Å². The van der Waals surface area contributed by atoms with Crippen LogP contribution in [0, 0.1) is 0 Å². The third-order valence-corrected chi connectivity index (χ3v) is 9.16. The molecular formula is C35H37BrN2O9. The van der Waals surface area contributed by atoms with Gasteiger partial charge in [-0.1, -0.05) is 54.6 Å². The van der Waals surface area contributed by atoms with Crippen molar-refractivity contribution < 1.29 is 33.5 Å². The van der Waals surface area contributed by atoms with Crippen molar-refractivity contribution in [3.63, 3.8) is 0 Å². The molecule has 3 heterocycles. The van der Waals surface area contributed by atoms with E-state index in [0.717, 1.165) is 29.5 Å². The fraction of sp³-hybridized carbons (Fsp3) is 0.371. The highest BCUT2D eigenvalue weighted by atomic mass is 79.9. The van der Waals surface area contributed by atoms with Crippen LogP contribution in [-0.2, 0) is 24.5 Å². The van der Waals surface area contributed by atoms with Crippen molar-refractivity contribution in [3.05, 3.63) is 127 Å². The van der Waals surface area contributed by atoms with Crippen LogP contribution in [0.15, 0.2) is 99.1 Å². The summed E-state index contributed by atoms with van der Waals surface area (Å²) >= 11 is 3.20. The summed E-state index contributed by atoms with van der Waals surface area (Å²) in [6, 6.07) is 25.0. The zero-order valence-electron chi connectivity index (χ0n) is 26.0. The van der Waals surface area contributed by atoms with Gasteiger partial charge in [0.05, 0.1) is 25.3 Å². The van der Waals surface area contributed by atoms with Crippen molar-refractivity contribution in [1.29, 1.82) is 0 Å². The van der Waals surface area contributed by atoms with E-state index in [1.165, 1.54) is 10.8 Å². The van der Waals surface area contributed by atoms with Crippen LogP contribution in [0.1, 0.15) is 42.2 Å². The Bertz CT molecular complexity index is 1690. The van der Waals surface area contributed by atoms with Crippen molar-refractivity contribution in [2.24, 2.45) is 0 Å². The molecule has 0 aliphatic carbocycles. The van der Waals surface area contributed by atoms with E-state index in [4.69, 9.17) is 28.4 Å². The summed E-state index contributed by atoms with van der Waals surface area (Å²) in [6.07, 6.45) is -1.05. The lowest BCUT2D eigenvalue weighted by molar-refractivity contribution is -0.215. The largest absolute Gasteiger partial charge is 0.497 e. The van der Waals surface area contributed by atoms with Crippen LogP contribution >= 0.6 is 15.9 Å². The number of aliphatic hydroxyl groups is 1. The monoisotopic (exact) mass is 708 g/mol. The van der Waals surface area contributed by atoms with E-state index in [-0.39, 0.29) is 11.1 Å². The predicted molar refractivity (Wildman–Crippen MR) is 176 cm³/mol. The van der Waals surface area contributed by atoms with E-state index >= 15 is 0 Å². The Morgan fingerprint density at radius 1 is 0.915 bits per heavy atom. The number of halogens is 1. The molecule has 1 aromatic heterocycles. The molecule has 0 spiro atoms. The molecule has 3 aromatic carbocycles. The van der Waals surface area contributed by atoms with Gasteiger partial charge >= 0.3 is 5.69 Å². The van der Waals surface area contributed by atoms with Gasteiger partial charge in [-0.25, -0.2) is 4.79 Å². The molecule has 47 heavy (non-hydrogen) atoms. The molecule has 5 atom stereocenters. The van der Waals surface area contributed by atoms with Crippen LogP contribution in [-0.4, -0.2) is 66.7 Å². The highest BCUT2D eigenvalue weighted by Crippen LogP contribution is 2.43. The summed E-state index contributed by atoms with van der Waals surface area (Å²) in [6.45, 7) is 0.425. The number of hydrogen-bond donors (Lipinski definition) is 2. The average Bonchev–Trinajstić information content (AvgIpc) is 3.41. The third kappa shape index (κ3) is 6.80. The lowest BCUT2D eigenvalue weighted by Crippen LogP contribution is -2.43. The molecule has 1 unspecified atom stereocenters. The first-order valence-electron chi connectivity index (χ1n) is 15.4. The van der Waals surface area contributed by atoms with E-state index in [1.54, 1.807) is 14.2 Å². The molecule has 2 N–H and O–H groups in total. The number of aromatic nitrogens is 2. The van der Waals surface area contributed by atoms with E-state index in [9.17, 15) is 14.7 Å². The number of nitrogens with zero attached hydrogens (tertiary/aromatic N) is 1. The number of aliphatic hydroxyl groups excluding tert-OH is 1. The van der Waals surface area contributed by atoms with Crippen molar-refractivity contribution in [2.45, 2.75) is 55.7 Å². The second-order valence-corrected chi connectivity index (χ2v) is 12.3. The summed E-state index contributed by atoms with van der Waals surface area (Å²) in [5.41, 5.74) is 0.00531. The molecule has 2 fully saturated rings. The maximum Gasteiger partial charge on any atom is 0.330 e. The molecule has 0 amide bonds. The van der Waals surface area contributed by atoms with Gasteiger partial charge in [-0.15, -0.1) is 0 Å². The minimum absolute atomic E-state index is 0.102. The molecule has 248 valence electrons. The van der Waals surface area contributed by atoms with Gasteiger partial charge in [-0.05, 0) is 76.1 Å². The lowest BCUT2D eigenvalue weighted by atomic mass is 9.80. The minimum atomic E-state index is -1.22. The van der Waals surface area contributed by atoms with Gasteiger partial charge in [0.2, 0.25) is 0 Å². The maximum absolute atomic E-state index is 13.0. The Balaban J connectivity index is 1.40. The number of nitrogens with one attached hydrogen (secondary N) is 1. The summed E-state index contributed by atoms with van der Waals surface area (Å²) in [5, 5.41) is 11.8. The Kier molecular flexibility index (Phi) is 10.3. The fourth-order valence-electron chi connectivity index (χ4n) is 6.15.